The van der Waals surface area contributed by atoms with Crippen molar-refractivity contribution in [1.82, 2.24) is 19.7 Å². The van der Waals surface area contributed by atoms with Crippen LogP contribution in [0.1, 0.15) is 25.1 Å². The molecule has 25 heavy (non-hydrogen) atoms. The Balaban J connectivity index is 1.86. The minimum absolute atomic E-state index is 0.477. The average Bonchev–Trinajstić information content (AvgIpc) is 2.93. The lowest BCUT2D eigenvalue weighted by Crippen LogP contribution is -2.07. The molecule has 4 aromatic rings. The van der Waals surface area contributed by atoms with E-state index in [0.717, 1.165) is 23.3 Å². The Bertz CT molecular complexity index is 1040. The molecule has 2 aromatic heterocycles. The molecular weight excluding hydrogens is 310 g/mol. The van der Waals surface area contributed by atoms with Gasteiger partial charge < -0.3 is 5.73 Å². The number of nitrogens with two attached hydrogens (primary N) is 1. The van der Waals surface area contributed by atoms with Crippen molar-refractivity contribution >= 4 is 27.6 Å². The molecule has 0 aliphatic carbocycles. The van der Waals surface area contributed by atoms with E-state index < -0.39 is 0 Å². The van der Waals surface area contributed by atoms with Gasteiger partial charge in [0.15, 0.2) is 5.65 Å². The highest BCUT2D eigenvalue weighted by atomic mass is 15.3. The lowest BCUT2D eigenvalue weighted by Gasteiger charge is -2.06. The van der Waals surface area contributed by atoms with Gasteiger partial charge in [0.1, 0.15) is 12.1 Å². The van der Waals surface area contributed by atoms with Gasteiger partial charge in [-0.15, -0.1) is 0 Å². The number of nitrogen functional groups attached to an aromatic ring is 1. The molecule has 4 rings (SSSR count). The van der Waals surface area contributed by atoms with Crippen LogP contribution >= 0.6 is 0 Å². The fraction of sp³-hybridized carbons (Fsp3) is 0.250. The second kappa shape index (κ2) is 6.16. The predicted molar refractivity (Wildman–Crippen MR) is 101 cm³/mol. The first-order valence-electron chi connectivity index (χ1n) is 8.56. The highest BCUT2D eigenvalue weighted by molar-refractivity contribution is 5.90. The third-order valence-electron chi connectivity index (χ3n) is 4.41. The van der Waals surface area contributed by atoms with E-state index >= 15 is 0 Å². The minimum atomic E-state index is 0.477. The van der Waals surface area contributed by atoms with E-state index in [9.17, 15) is 0 Å². The average molecular weight is 331 g/mol. The van der Waals surface area contributed by atoms with Crippen LogP contribution in [0.2, 0.25) is 0 Å². The maximum Gasteiger partial charge on any atom is 0.163 e. The topological polar surface area (TPSA) is 69.6 Å². The monoisotopic (exact) mass is 331 g/mol. The zero-order valence-corrected chi connectivity index (χ0v) is 14.5. The SMILES string of the molecule is CC(C)Cn1nc(Cc2cccc3ccccc23)c2c(N)ncnc21. The summed E-state index contributed by atoms with van der Waals surface area (Å²) in [6, 6.07) is 14.8. The van der Waals surface area contributed by atoms with Gasteiger partial charge in [-0.25, -0.2) is 14.6 Å². The molecule has 0 radical (unpaired) electrons. The first kappa shape index (κ1) is 15.6. The Kier molecular flexibility index (Phi) is 3.84. The molecular formula is C20H21N5. The number of benzene rings is 2. The molecule has 126 valence electrons. The Morgan fingerprint density at radius 1 is 1.04 bits per heavy atom. The summed E-state index contributed by atoms with van der Waals surface area (Å²) in [6.07, 6.45) is 2.22. The van der Waals surface area contributed by atoms with Gasteiger partial charge in [-0.3, -0.25) is 0 Å². The van der Waals surface area contributed by atoms with Crippen molar-refractivity contribution < 1.29 is 0 Å². The first-order valence-corrected chi connectivity index (χ1v) is 8.56. The molecule has 0 spiro atoms. The normalized spacial score (nSPS) is 11.6. The highest BCUT2D eigenvalue weighted by Gasteiger charge is 2.17. The van der Waals surface area contributed by atoms with Crippen LogP contribution in [0.15, 0.2) is 48.8 Å². The van der Waals surface area contributed by atoms with E-state index in [1.807, 2.05) is 4.68 Å². The molecule has 0 amide bonds. The van der Waals surface area contributed by atoms with E-state index in [1.54, 1.807) is 0 Å². The molecule has 2 heterocycles. The second-order valence-electron chi connectivity index (χ2n) is 6.80. The maximum atomic E-state index is 6.16. The van der Waals surface area contributed by atoms with Crippen LogP contribution in [0.25, 0.3) is 21.8 Å². The Labute approximate surface area is 146 Å². The molecule has 2 aromatic carbocycles. The zero-order chi connectivity index (χ0) is 17.4. The maximum absolute atomic E-state index is 6.16. The van der Waals surface area contributed by atoms with Gasteiger partial charge in [0.2, 0.25) is 0 Å². The van der Waals surface area contributed by atoms with E-state index in [4.69, 9.17) is 10.8 Å². The summed E-state index contributed by atoms with van der Waals surface area (Å²) in [6.45, 7) is 5.15. The van der Waals surface area contributed by atoms with Gasteiger partial charge in [0, 0.05) is 13.0 Å². The molecule has 0 atom stereocenters. The number of hydrogen-bond donors (Lipinski definition) is 1. The molecule has 0 saturated heterocycles. The molecule has 0 bridgehead atoms. The van der Waals surface area contributed by atoms with Gasteiger partial charge in [0.05, 0.1) is 11.1 Å². The first-order chi connectivity index (χ1) is 12.1. The smallest absolute Gasteiger partial charge is 0.163 e. The summed E-state index contributed by atoms with van der Waals surface area (Å²) in [5.41, 5.74) is 9.15. The number of rotatable bonds is 4. The molecule has 0 aliphatic rings. The van der Waals surface area contributed by atoms with Crippen molar-refractivity contribution in [2.24, 2.45) is 5.92 Å². The second-order valence-corrected chi connectivity index (χ2v) is 6.80. The lowest BCUT2D eigenvalue weighted by molar-refractivity contribution is 0.489. The van der Waals surface area contributed by atoms with Gasteiger partial charge >= 0.3 is 0 Å². The van der Waals surface area contributed by atoms with E-state index in [-0.39, 0.29) is 0 Å². The van der Waals surface area contributed by atoms with Crippen LogP contribution in [-0.4, -0.2) is 19.7 Å². The van der Waals surface area contributed by atoms with Crippen LogP contribution in [0, 0.1) is 5.92 Å². The minimum Gasteiger partial charge on any atom is -0.383 e. The Hall–Kier alpha value is -2.95. The van der Waals surface area contributed by atoms with Crippen LogP contribution in [0.5, 0.6) is 0 Å². The Morgan fingerprint density at radius 2 is 1.84 bits per heavy atom. The van der Waals surface area contributed by atoms with Gasteiger partial charge in [-0.05, 0) is 22.3 Å². The molecule has 0 aliphatic heterocycles. The number of nitrogens with zero attached hydrogens (tertiary/aromatic N) is 4. The summed E-state index contributed by atoms with van der Waals surface area (Å²) >= 11 is 0. The molecule has 2 N–H and O–H groups in total. The van der Waals surface area contributed by atoms with Crippen molar-refractivity contribution in [2.75, 3.05) is 5.73 Å². The van der Waals surface area contributed by atoms with Gasteiger partial charge in [0.25, 0.3) is 0 Å². The van der Waals surface area contributed by atoms with Gasteiger partial charge in [-0.2, -0.15) is 5.10 Å². The predicted octanol–water partition coefficient (Wildman–Crippen LogP) is 3.81. The fourth-order valence-electron chi connectivity index (χ4n) is 3.33. The number of hydrogen-bond acceptors (Lipinski definition) is 4. The summed E-state index contributed by atoms with van der Waals surface area (Å²) < 4.78 is 1.96. The quantitative estimate of drug-likeness (QED) is 0.617. The third-order valence-corrected chi connectivity index (χ3v) is 4.41. The number of fused-ring (bicyclic) bond motifs is 2. The largest absolute Gasteiger partial charge is 0.383 e. The lowest BCUT2D eigenvalue weighted by atomic mass is 10.0. The molecule has 0 saturated carbocycles. The van der Waals surface area contributed by atoms with E-state index in [1.165, 1.54) is 22.7 Å². The number of anilines is 1. The summed E-state index contributed by atoms with van der Waals surface area (Å²) in [7, 11) is 0. The van der Waals surface area contributed by atoms with Crippen molar-refractivity contribution in [1.29, 1.82) is 0 Å². The van der Waals surface area contributed by atoms with Crippen molar-refractivity contribution in [3.8, 4) is 0 Å². The van der Waals surface area contributed by atoms with Gasteiger partial charge in [-0.1, -0.05) is 56.3 Å². The van der Waals surface area contributed by atoms with Crippen LogP contribution in [0.4, 0.5) is 5.82 Å². The van der Waals surface area contributed by atoms with Crippen LogP contribution < -0.4 is 5.73 Å². The number of aromatic nitrogens is 4. The van der Waals surface area contributed by atoms with E-state index in [0.29, 0.717) is 18.2 Å². The third kappa shape index (κ3) is 2.82. The summed E-state index contributed by atoms with van der Waals surface area (Å²) in [4.78, 5) is 8.61. The molecule has 0 fully saturated rings. The summed E-state index contributed by atoms with van der Waals surface area (Å²) in [5.74, 6) is 0.972. The van der Waals surface area contributed by atoms with Crippen molar-refractivity contribution in [3.05, 3.63) is 60.0 Å². The fourth-order valence-corrected chi connectivity index (χ4v) is 3.33. The standard InChI is InChI=1S/C20H21N5/c1-13(2)11-25-20-18(19(21)22-12-23-20)17(24-25)10-15-8-5-7-14-6-3-4-9-16(14)15/h3-9,12-13H,10-11H2,1-2H3,(H2,21,22,23). The molecule has 0 unspecified atom stereocenters. The molecule has 5 heteroatoms. The van der Waals surface area contributed by atoms with E-state index in [2.05, 4.69) is 66.3 Å². The zero-order valence-electron chi connectivity index (χ0n) is 14.5. The van der Waals surface area contributed by atoms with Crippen LogP contribution in [0.3, 0.4) is 0 Å². The molecule has 5 nitrogen and oxygen atoms in total. The Morgan fingerprint density at radius 3 is 2.68 bits per heavy atom. The van der Waals surface area contributed by atoms with Crippen LogP contribution in [-0.2, 0) is 13.0 Å². The summed E-state index contributed by atoms with van der Waals surface area (Å²) in [5, 5.41) is 8.17. The van der Waals surface area contributed by atoms with Crippen molar-refractivity contribution in [3.63, 3.8) is 0 Å². The van der Waals surface area contributed by atoms with Crippen molar-refractivity contribution in [2.45, 2.75) is 26.8 Å². The highest BCUT2D eigenvalue weighted by Crippen LogP contribution is 2.27.